The summed E-state index contributed by atoms with van der Waals surface area (Å²) in [7, 11) is 2.31. The Morgan fingerprint density at radius 3 is 2.62 bits per heavy atom. The fourth-order valence-electron chi connectivity index (χ4n) is 4.19. The molecule has 116 valence electrons. The van der Waals surface area contributed by atoms with Crippen LogP contribution < -0.4 is 5.73 Å². The van der Waals surface area contributed by atoms with E-state index in [1.165, 1.54) is 44.2 Å². The quantitative estimate of drug-likeness (QED) is 0.903. The molecule has 3 rings (SSSR count). The third-order valence-electron chi connectivity index (χ3n) is 5.66. The maximum absolute atomic E-state index is 6.22. The summed E-state index contributed by atoms with van der Waals surface area (Å²) in [4.78, 5) is 5.21. The van der Waals surface area contributed by atoms with Gasteiger partial charge in [-0.25, -0.2) is 0 Å². The number of rotatable bonds is 5. The highest BCUT2D eigenvalue weighted by atomic mass is 15.3. The van der Waals surface area contributed by atoms with Gasteiger partial charge in [-0.2, -0.15) is 0 Å². The Balaban J connectivity index is 1.65. The Labute approximate surface area is 129 Å². The summed E-state index contributed by atoms with van der Waals surface area (Å²) in [5, 5.41) is 0. The van der Waals surface area contributed by atoms with Gasteiger partial charge in [0.05, 0.1) is 0 Å². The topological polar surface area (TPSA) is 32.5 Å². The normalized spacial score (nSPS) is 27.8. The van der Waals surface area contributed by atoms with Crippen molar-refractivity contribution in [1.82, 2.24) is 9.80 Å². The first-order chi connectivity index (χ1) is 10.2. The van der Waals surface area contributed by atoms with Crippen molar-refractivity contribution in [3.63, 3.8) is 0 Å². The lowest BCUT2D eigenvalue weighted by Gasteiger charge is -2.42. The van der Waals surface area contributed by atoms with Crippen LogP contribution in [-0.4, -0.2) is 48.1 Å². The zero-order valence-corrected chi connectivity index (χ0v) is 13.3. The average molecular weight is 287 g/mol. The molecule has 1 aliphatic heterocycles. The van der Waals surface area contributed by atoms with Gasteiger partial charge in [-0.1, -0.05) is 43.2 Å². The van der Waals surface area contributed by atoms with Crippen LogP contribution in [0.5, 0.6) is 0 Å². The van der Waals surface area contributed by atoms with E-state index in [0.717, 1.165) is 25.7 Å². The van der Waals surface area contributed by atoms with E-state index in [4.69, 9.17) is 5.73 Å². The summed E-state index contributed by atoms with van der Waals surface area (Å²) in [5.41, 5.74) is 7.83. The monoisotopic (exact) mass is 287 g/mol. The second kappa shape index (κ2) is 6.47. The molecule has 1 aromatic carbocycles. The number of nitrogens with zero attached hydrogens (tertiary/aromatic N) is 2. The Bertz CT molecular complexity index is 441. The summed E-state index contributed by atoms with van der Waals surface area (Å²) >= 11 is 0. The van der Waals surface area contributed by atoms with Crippen LogP contribution in [0.15, 0.2) is 30.3 Å². The molecular formula is C18H29N3. The molecule has 1 saturated heterocycles. The minimum Gasteiger partial charge on any atom is -0.329 e. The van der Waals surface area contributed by atoms with E-state index < -0.39 is 0 Å². The van der Waals surface area contributed by atoms with Crippen LogP contribution in [0.25, 0.3) is 0 Å². The second-order valence-electron chi connectivity index (χ2n) is 6.92. The largest absolute Gasteiger partial charge is 0.329 e. The molecule has 2 aliphatic rings. The summed E-state index contributed by atoms with van der Waals surface area (Å²) in [6.07, 6.45) is 6.71. The smallest absolute Gasteiger partial charge is 0.0470 e. The van der Waals surface area contributed by atoms with E-state index in [0.29, 0.717) is 0 Å². The highest BCUT2D eigenvalue weighted by Crippen LogP contribution is 2.33. The van der Waals surface area contributed by atoms with Crippen molar-refractivity contribution in [2.45, 2.75) is 50.2 Å². The van der Waals surface area contributed by atoms with E-state index in [1.807, 2.05) is 0 Å². The predicted octanol–water partition coefficient (Wildman–Crippen LogP) is 2.46. The van der Waals surface area contributed by atoms with Gasteiger partial charge in [0, 0.05) is 37.8 Å². The summed E-state index contributed by atoms with van der Waals surface area (Å²) in [6, 6.07) is 11.6. The van der Waals surface area contributed by atoms with Gasteiger partial charge in [0.2, 0.25) is 0 Å². The first kappa shape index (κ1) is 15.0. The van der Waals surface area contributed by atoms with Crippen LogP contribution in [0, 0.1) is 0 Å². The van der Waals surface area contributed by atoms with E-state index in [9.17, 15) is 0 Å². The van der Waals surface area contributed by atoms with Crippen molar-refractivity contribution in [1.29, 1.82) is 0 Å². The molecule has 3 heteroatoms. The molecule has 1 aliphatic carbocycles. The van der Waals surface area contributed by atoms with Crippen LogP contribution in [0.4, 0.5) is 0 Å². The fourth-order valence-corrected chi connectivity index (χ4v) is 4.19. The Kier molecular flexibility index (Phi) is 4.63. The highest BCUT2D eigenvalue weighted by Gasteiger charge is 2.43. The molecule has 0 radical (unpaired) electrons. The van der Waals surface area contributed by atoms with Crippen molar-refractivity contribution < 1.29 is 0 Å². The SMILES string of the molecule is CN(C1CCCC1)C1(CN)CCN(Cc2ccccc2)C1. The third kappa shape index (κ3) is 3.15. The van der Waals surface area contributed by atoms with Crippen LogP contribution in [0.3, 0.4) is 0 Å². The minimum atomic E-state index is 0.198. The zero-order valence-electron chi connectivity index (χ0n) is 13.3. The van der Waals surface area contributed by atoms with Crippen molar-refractivity contribution in [2.24, 2.45) is 5.73 Å². The van der Waals surface area contributed by atoms with Gasteiger partial charge >= 0.3 is 0 Å². The minimum absolute atomic E-state index is 0.198. The molecule has 1 saturated carbocycles. The molecule has 2 N–H and O–H groups in total. The Morgan fingerprint density at radius 1 is 1.24 bits per heavy atom. The molecule has 0 aromatic heterocycles. The van der Waals surface area contributed by atoms with Crippen LogP contribution in [-0.2, 0) is 6.54 Å². The van der Waals surface area contributed by atoms with E-state index in [2.05, 4.69) is 47.2 Å². The Morgan fingerprint density at radius 2 is 1.95 bits per heavy atom. The molecule has 1 aromatic rings. The van der Waals surface area contributed by atoms with Crippen molar-refractivity contribution in [3.8, 4) is 0 Å². The third-order valence-corrected chi connectivity index (χ3v) is 5.66. The number of nitrogens with two attached hydrogens (primary N) is 1. The number of hydrogen-bond acceptors (Lipinski definition) is 3. The summed E-state index contributed by atoms with van der Waals surface area (Å²) < 4.78 is 0. The van der Waals surface area contributed by atoms with Gasteiger partial charge in [0.15, 0.2) is 0 Å². The van der Waals surface area contributed by atoms with Gasteiger partial charge in [0.1, 0.15) is 0 Å². The highest BCUT2D eigenvalue weighted by molar-refractivity contribution is 5.15. The Hall–Kier alpha value is -0.900. The fraction of sp³-hybridized carbons (Fsp3) is 0.667. The van der Waals surface area contributed by atoms with E-state index in [1.54, 1.807) is 0 Å². The van der Waals surface area contributed by atoms with Gasteiger partial charge in [-0.05, 0) is 31.9 Å². The summed E-state index contributed by atoms with van der Waals surface area (Å²) in [5.74, 6) is 0. The molecule has 21 heavy (non-hydrogen) atoms. The molecule has 2 fully saturated rings. The molecule has 0 bridgehead atoms. The molecule has 3 nitrogen and oxygen atoms in total. The predicted molar refractivity (Wildman–Crippen MR) is 88.1 cm³/mol. The average Bonchev–Trinajstić information content (AvgIpc) is 3.18. The van der Waals surface area contributed by atoms with Crippen molar-refractivity contribution in [2.75, 3.05) is 26.7 Å². The number of hydrogen-bond donors (Lipinski definition) is 1. The van der Waals surface area contributed by atoms with Crippen LogP contribution >= 0.6 is 0 Å². The molecule has 1 heterocycles. The lowest BCUT2D eigenvalue weighted by atomic mass is 9.94. The van der Waals surface area contributed by atoms with Gasteiger partial charge in [-0.15, -0.1) is 0 Å². The van der Waals surface area contributed by atoms with Crippen molar-refractivity contribution in [3.05, 3.63) is 35.9 Å². The lowest BCUT2D eigenvalue weighted by molar-refractivity contribution is 0.0833. The van der Waals surface area contributed by atoms with Gasteiger partial charge in [0.25, 0.3) is 0 Å². The zero-order chi connectivity index (χ0) is 14.7. The maximum Gasteiger partial charge on any atom is 0.0470 e. The molecule has 1 unspecified atom stereocenters. The first-order valence-electron chi connectivity index (χ1n) is 8.43. The first-order valence-corrected chi connectivity index (χ1v) is 8.43. The van der Waals surface area contributed by atoms with E-state index >= 15 is 0 Å². The molecule has 0 spiro atoms. The van der Waals surface area contributed by atoms with Gasteiger partial charge in [-0.3, -0.25) is 9.80 Å². The van der Waals surface area contributed by atoms with Crippen LogP contribution in [0.2, 0.25) is 0 Å². The number of benzene rings is 1. The maximum atomic E-state index is 6.22. The lowest BCUT2D eigenvalue weighted by Crippen LogP contribution is -2.57. The van der Waals surface area contributed by atoms with Gasteiger partial charge < -0.3 is 5.73 Å². The number of likely N-dealkylation sites (N-methyl/N-ethyl adjacent to an activating group) is 1. The van der Waals surface area contributed by atoms with E-state index in [-0.39, 0.29) is 5.54 Å². The van der Waals surface area contributed by atoms with Crippen LogP contribution in [0.1, 0.15) is 37.7 Å². The second-order valence-corrected chi connectivity index (χ2v) is 6.92. The standard InChI is InChI=1S/C18H29N3/c1-20(17-9-5-6-10-17)18(14-19)11-12-21(15-18)13-16-7-3-2-4-8-16/h2-4,7-8,17H,5-6,9-15,19H2,1H3. The summed E-state index contributed by atoms with van der Waals surface area (Å²) in [6.45, 7) is 4.13. The molecular weight excluding hydrogens is 258 g/mol. The number of likely N-dealkylation sites (tertiary alicyclic amines) is 1. The molecule has 1 atom stereocenters. The molecule has 0 amide bonds. The van der Waals surface area contributed by atoms with Crippen molar-refractivity contribution >= 4 is 0 Å².